The number of carbonyl (C=O) groups excluding carboxylic acids is 1. The topological polar surface area (TPSA) is 108 Å². The van der Waals surface area contributed by atoms with Crippen LogP contribution in [0, 0.1) is 11.3 Å². The number of nitrogens with one attached hydrogen (secondary N) is 1. The highest BCUT2D eigenvalue weighted by molar-refractivity contribution is 7.19. The predicted octanol–water partition coefficient (Wildman–Crippen LogP) is 6.07. The standard InChI is InChI=1S/C32H39ClN4O4S2Si/c1-36(18-26(38)27-11-10-24(15-34)42-27)19-28-25(20-41-12-13-44(3,4)5)30-32(43-28)31(40)22(17-37(30)2)14-29(39)35-16-21-6-8-23(33)9-7-21/h6-11,17,26,38H,12-14,16,18-20H2,1-5H3,(H,35,39). The molecule has 1 aromatic carbocycles. The van der Waals surface area contributed by atoms with Gasteiger partial charge >= 0.3 is 0 Å². The van der Waals surface area contributed by atoms with Gasteiger partial charge in [-0.2, -0.15) is 5.26 Å². The number of likely N-dealkylation sites (N-methyl/N-ethyl adjacent to an activating group) is 1. The molecule has 3 aromatic heterocycles. The Kier molecular flexibility index (Phi) is 11.6. The Hall–Kier alpha value is -2.82. The zero-order valence-corrected chi connectivity index (χ0v) is 29.2. The number of aromatic nitrogens is 1. The van der Waals surface area contributed by atoms with Crippen molar-refractivity contribution in [3.63, 3.8) is 0 Å². The zero-order chi connectivity index (χ0) is 32.0. The van der Waals surface area contributed by atoms with E-state index in [0.29, 0.717) is 53.0 Å². The maximum atomic E-state index is 13.7. The van der Waals surface area contributed by atoms with Crippen LogP contribution in [0.5, 0.6) is 0 Å². The number of fused-ring (bicyclic) bond motifs is 1. The fraction of sp³-hybridized carbons (Fsp3) is 0.406. The Bertz CT molecular complexity index is 1700. The molecule has 0 radical (unpaired) electrons. The molecule has 1 amide bonds. The van der Waals surface area contributed by atoms with E-state index in [-0.39, 0.29) is 17.8 Å². The summed E-state index contributed by atoms with van der Waals surface area (Å²) in [5, 5.41) is 23.5. The van der Waals surface area contributed by atoms with Crippen molar-refractivity contribution in [3.8, 4) is 6.07 Å². The van der Waals surface area contributed by atoms with Crippen molar-refractivity contribution in [2.45, 2.75) is 57.9 Å². The molecule has 1 atom stereocenters. The van der Waals surface area contributed by atoms with Crippen molar-refractivity contribution in [2.24, 2.45) is 7.05 Å². The molecule has 0 fully saturated rings. The summed E-state index contributed by atoms with van der Waals surface area (Å²) >= 11 is 8.67. The van der Waals surface area contributed by atoms with E-state index in [4.69, 9.17) is 21.6 Å². The van der Waals surface area contributed by atoms with Crippen molar-refractivity contribution >= 4 is 58.5 Å². The molecule has 0 bridgehead atoms. The summed E-state index contributed by atoms with van der Waals surface area (Å²) in [6.45, 7) is 9.19. The summed E-state index contributed by atoms with van der Waals surface area (Å²) in [4.78, 5) is 30.9. The molecular formula is C32H39ClN4O4S2Si. The number of amides is 1. The number of ether oxygens (including phenoxy) is 1. The van der Waals surface area contributed by atoms with Gasteiger partial charge in [-0.3, -0.25) is 14.5 Å². The number of nitrogens with zero attached hydrogens (tertiary/aromatic N) is 3. The summed E-state index contributed by atoms with van der Waals surface area (Å²) in [6, 6.07) is 13.9. The van der Waals surface area contributed by atoms with Crippen molar-refractivity contribution in [1.29, 1.82) is 5.26 Å². The van der Waals surface area contributed by atoms with Gasteiger partial charge in [-0.15, -0.1) is 22.7 Å². The molecule has 0 spiro atoms. The minimum absolute atomic E-state index is 0.0247. The third-order valence-corrected chi connectivity index (χ3v) is 11.5. The van der Waals surface area contributed by atoms with Crippen LogP contribution in [0.4, 0.5) is 0 Å². The highest BCUT2D eigenvalue weighted by atomic mass is 35.5. The lowest BCUT2D eigenvalue weighted by Gasteiger charge is -2.20. The van der Waals surface area contributed by atoms with E-state index in [1.165, 1.54) is 22.7 Å². The second-order valence-electron chi connectivity index (χ2n) is 12.2. The maximum Gasteiger partial charge on any atom is 0.224 e. The lowest BCUT2D eigenvalue weighted by atomic mass is 10.1. The average molecular weight is 671 g/mol. The number of hydrogen-bond donors (Lipinski definition) is 2. The molecule has 44 heavy (non-hydrogen) atoms. The van der Waals surface area contributed by atoms with Crippen LogP contribution in [0.15, 0.2) is 47.4 Å². The van der Waals surface area contributed by atoms with E-state index in [0.717, 1.165) is 32.4 Å². The quantitative estimate of drug-likeness (QED) is 0.125. The van der Waals surface area contributed by atoms with Gasteiger partial charge in [-0.05, 0) is 42.9 Å². The van der Waals surface area contributed by atoms with E-state index in [9.17, 15) is 14.7 Å². The molecular weight excluding hydrogens is 632 g/mol. The first-order valence-corrected chi connectivity index (χ1v) is 20.1. The van der Waals surface area contributed by atoms with Gasteiger partial charge < -0.3 is 19.7 Å². The molecule has 0 saturated heterocycles. The molecule has 12 heteroatoms. The number of aliphatic hydroxyl groups excluding tert-OH is 1. The van der Waals surface area contributed by atoms with Crippen LogP contribution in [0.3, 0.4) is 0 Å². The minimum Gasteiger partial charge on any atom is -0.386 e. The van der Waals surface area contributed by atoms with Crippen LogP contribution in [0.2, 0.25) is 30.7 Å². The number of halogens is 1. The number of rotatable bonds is 14. The van der Waals surface area contributed by atoms with Crippen LogP contribution in [-0.2, 0) is 42.7 Å². The molecule has 0 aliphatic rings. The molecule has 0 aliphatic carbocycles. The third-order valence-electron chi connectivity index (χ3n) is 7.22. The molecule has 234 valence electrons. The summed E-state index contributed by atoms with van der Waals surface area (Å²) in [7, 11) is 2.55. The Labute approximate surface area is 272 Å². The second kappa shape index (κ2) is 15.0. The number of benzene rings is 1. The molecule has 4 aromatic rings. The SMILES string of the molecule is CN(Cc1sc2c(=O)c(CC(=O)NCc3ccc(Cl)cc3)cn(C)c2c1COCC[Si](C)(C)C)CC(O)c1ccc(C#N)s1. The first kappa shape index (κ1) is 34.1. The molecule has 0 saturated carbocycles. The maximum absolute atomic E-state index is 13.7. The van der Waals surface area contributed by atoms with E-state index in [2.05, 4.69) is 31.0 Å². The molecule has 3 heterocycles. The van der Waals surface area contributed by atoms with Crippen LogP contribution in [-0.4, -0.2) is 48.8 Å². The Morgan fingerprint density at radius 3 is 2.59 bits per heavy atom. The molecule has 8 nitrogen and oxygen atoms in total. The first-order valence-electron chi connectivity index (χ1n) is 14.4. The van der Waals surface area contributed by atoms with E-state index < -0.39 is 14.2 Å². The van der Waals surface area contributed by atoms with Crippen molar-refractivity contribution < 1.29 is 14.6 Å². The minimum atomic E-state index is -1.28. The van der Waals surface area contributed by atoms with Crippen LogP contribution in [0.25, 0.3) is 10.2 Å². The van der Waals surface area contributed by atoms with Gasteiger partial charge in [0.1, 0.15) is 17.1 Å². The Morgan fingerprint density at radius 1 is 1.20 bits per heavy atom. The average Bonchev–Trinajstić information content (AvgIpc) is 3.58. The van der Waals surface area contributed by atoms with Gasteiger partial charge in [-0.1, -0.05) is 43.4 Å². The highest BCUT2D eigenvalue weighted by Crippen LogP contribution is 2.32. The van der Waals surface area contributed by atoms with Gasteiger partial charge in [0.05, 0.1) is 23.2 Å². The Balaban J connectivity index is 1.56. The van der Waals surface area contributed by atoms with E-state index in [1.54, 1.807) is 30.5 Å². The lowest BCUT2D eigenvalue weighted by molar-refractivity contribution is -0.120. The number of carbonyl (C=O) groups is 1. The monoisotopic (exact) mass is 670 g/mol. The van der Waals surface area contributed by atoms with E-state index >= 15 is 0 Å². The number of nitriles is 1. The number of aryl methyl sites for hydroxylation is 1. The van der Waals surface area contributed by atoms with Gasteiger partial charge in [0.15, 0.2) is 0 Å². The van der Waals surface area contributed by atoms with Crippen LogP contribution >= 0.6 is 34.3 Å². The van der Waals surface area contributed by atoms with Crippen molar-refractivity contribution in [3.05, 3.63) is 89.2 Å². The van der Waals surface area contributed by atoms with Gasteiger partial charge in [0, 0.05) is 73.5 Å². The molecule has 0 aliphatic heterocycles. The normalized spacial score (nSPS) is 12.5. The highest BCUT2D eigenvalue weighted by Gasteiger charge is 2.22. The third kappa shape index (κ3) is 9.11. The second-order valence-corrected chi connectivity index (χ2v) is 20.5. The van der Waals surface area contributed by atoms with E-state index in [1.807, 2.05) is 35.7 Å². The number of aliphatic hydroxyl groups is 1. The fourth-order valence-electron chi connectivity index (χ4n) is 4.81. The summed E-state index contributed by atoms with van der Waals surface area (Å²) in [5.74, 6) is -0.232. The lowest BCUT2D eigenvalue weighted by Crippen LogP contribution is -2.27. The molecule has 4 rings (SSSR count). The first-order chi connectivity index (χ1) is 20.8. The van der Waals surface area contributed by atoms with Gasteiger partial charge in [0.2, 0.25) is 11.3 Å². The number of pyridine rings is 1. The molecule has 1 unspecified atom stereocenters. The van der Waals surface area contributed by atoms with Crippen LogP contribution < -0.4 is 10.7 Å². The predicted molar refractivity (Wildman–Crippen MR) is 182 cm³/mol. The largest absolute Gasteiger partial charge is 0.386 e. The van der Waals surface area contributed by atoms with Crippen molar-refractivity contribution in [2.75, 3.05) is 20.2 Å². The van der Waals surface area contributed by atoms with Gasteiger partial charge in [0.25, 0.3) is 0 Å². The number of thiophene rings is 2. The smallest absolute Gasteiger partial charge is 0.224 e. The summed E-state index contributed by atoms with van der Waals surface area (Å²) in [5.41, 5.74) is 2.99. The Morgan fingerprint density at radius 2 is 1.93 bits per heavy atom. The molecule has 2 N–H and O–H groups in total. The van der Waals surface area contributed by atoms with Gasteiger partial charge in [-0.25, -0.2) is 0 Å². The van der Waals surface area contributed by atoms with Crippen molar-refractivity contribution in [1.82, 2.24) is 14.8 Å². The summed E-state index contributed by atoms with van der Waals surface area (Å²) in [6.07, 6.45) is 0.997. The summed E-state index contributed by atoms with van der Waals surface area (Å²) < 4.78 is 8.71. The fourth-order valence-corrected chi connectivity index (χ4v) is 7.88. The number of hydrogen-bond acceptors (Lipinski definition) is 8. The zero-order valence-electron chi connectivity index (χ0n) is 25.8. The van der Waals surface area contributed by atoms with Crippen LogP contribution in [0.1, 0.15) is 37.4 Å².